The van der Waals surface area contributed by atoms with Crippen molar-refractivity contribution in [1.82, 2.24) is 14.4 Å². The Morgan fingerprint density at radius 3 is 2.74 bits per heavy atom. The highest BCUT2D eigenvalue weighted by atomic mass is 16.5. The number of hydrogen-bond acceptors (Lipinski definition) is 5. The van der Waals surface area contributed by atoms with Gasteiger partial charge in [-0.05, 0) is 32.4 Å². The molecule has 27 heavy (non-hydrogen) atoms. The summed E-state index contributed by atoms with van der Waals surface area (Å²) >= 11 is 0. The SMILES string of the molecule is [CH]c1ccc(N2CCN(c3cn4cc(C)nc4cn3)C(C)(C)C2)cc1OC. The van der Waals surface area contributed by atoms with E-state index < -0.39 is 0 Å². The summed E-state index contributed by atoms with van der Waals surface area (Å²) in [7, 11) is 1.65. The summed E-state index contributed by atoms with van der Waals surface area (Å²) in [5.41, 5.74) is 3.58. The van der Waals surface area contributed by atoms with Gasteiger partial charge in [0.1, 0.15) is 11.6 Å². The maximum Gasteiger partial charge on any atom is 0.155 e. The Hall–Kier alpha value is -2.76. The molecule has 1 aromatic carbocycles. The maximum absolute atomic E-state index is 5.96. The van der Waals surface area contributed by atoms with E-state index in [0.29, 0.717) is 5.56 Å². The van der Waals surface area contributed by atoms with Gasteiger partial charge in [0.2, 0.25) is 0 Å². The minimum Gasteiger partial charge on any atom is -0.496 e. The number of ether oxygens (including phenoxy) is 1. The van der Waals surface area contributed by atoms with E-state index in [0.717, 1.165) is 48.2 Å². The van der Waals surface area contributed by atoms with Crippen LogP contribution in [-0.4, -0.2) is 46.7 Å². The molecule has 140 valence electrons. The standard InChI is InChI=1S/C21H25N5O/c1-15-6-7-17(10-18(15)27-5)24-8-9-26(21(3,4)14-24)20-13-25-12-16(2)23-19(25)11-22-20/h1,6-7,10-13H,8-9,14H2,2-5H3. The number of aryl methyl sites for hydroxylation is 1. The quantitative estimate of drug-likeness (QED) is 0.715. The minimum atomic E-state index is -0.0802. The zero-order chi connectivity index (χ0) is 19.2. The van der Waals surface area contributed by atoms with Crippen LogP contribution in [0.3, 0.4) is 0 Å². The van der Waals surface area contributed by atoms with Gasteiger partial charge in [-0.25, -0.2) is 9.97 Å². The molecule has 2 radical (unpaired) electrons. The van der Waals surface area contributed by atoms with E-state index in [1.807, 2.05) is 35.9 Å². The molecule has 0 bridgehead atoms. The molecule has 0 N–H and O–H groups in total. The van der Waals surface area contributed by atoms with Crippen molar-refractivity contribution >= 4 is 17.2 Å². The lowest BCUT2D eigenvalue weighted by molar-refractivity contribution is 0.405. The number of piperazine rings is 1. The molecule has 0 amide bonds. The molecule has 3 aromatic rings. The van der Waals surface area contributed by atoms with E-state index in [2.05, 4.69) is 45.9 Å². The van der Waals surface area contributed by atoms with Crippen LogP contribution in [0.5, 0.6) is 5.75 Å². The monoisotopic (exact) mass is 363 g/mol. The summed E-state index contributed by atoms with van der Waals surface area (Å²) in [5.74, 6) is 1.69. The molecule has 6 nitrogen and oxygen atoms in total. The number of fused-ring (bicyclic) bond motifs is 1. The van der Waals surface area contributed by atoms with Crippen LogP contribution in [0.15, 0.2) is 36.8 Å². The van der Waals surface area contributed by atoms with E-state index in [9.17, 15) is 0 Å². The van der Waals surface area contributed by atoms with Crippen LogP contribution in [0, 0.1) is 13.8 Å². The largest absolute Gasteiger partial charge is 0.496 e. The van der Waals surface area contributed by atoms with Gasteiger partial charge >= 0.3 is 0 Å². The van der Waals surface area contributed by atoms with Crippen molar-refractivity contribution in [1.29, 1.82) is 0 Å². The number of methoxy groups -OCH3 is 1. The number of rotatable bonds is 3. The van der Waals surface area contributed by atoms with E-state index in [1.54, 1.807) is 7.11 Å². The molecule has 1 fully saturated rings. The molecule has 0 spiro atoms. The normalized spacial score (nSPS) is 16.8. The predicted molar refractivity (Wildman–Crippen MR) is 108 cm³/mol. The Morgan fingerprint density at radius 1 is 1.19 bits per heavy atom. The summed E-state index contributed by atoms with van der Waals surface area (Å²) in [4.78, 5) is 13.9. The lowest BCUT2D eigenvalue weighted by Crippen LogP contribution is -2.60. The first-order valence-corrected chi connectivity index (χ1v) is 9.15. The van der Waals surface area contributed by atoms with E-state index in [-0.39, 0.29) is 5.54 Å². The van der Waals surface area contributed by atoms with Gasteiger partial charge in [-0.1, -0.05) is 6.07 Å². The smallest absolute Gasteiger partial charge is 0.155 e. The first kappa shape index (κ1) is 17.6. The fourth-order valence-electron chi connectivity index (χ4n) is 3.85. The van der Waals surface area contributed by atoms with Crippen LogP contribution in [0.4, 0.5) is 11.5 Å². The summed E-state index contributed by atoms with van der Waals surface area (Å²) < 4.78 is 7.43. The molecule has 0 saturated carbocycles. The fourth-order valence-corrected chi connectivity index (χ4v) is 3.85. The van der Waals surface area contributed by atoms with Crippen LogP contribution < -0.4 is 14.5 Å². The number of imidazole rings is 1. The van der Waals surface area contributed by atoms with Gasteiger partial charge in [0.05, 0.1) is 30.7 Å². The number of nitrogens with zero attached hydrogens (tertiary/aromatic N) is 5. The highest BCUT2D eigenvalue weighted by molar-refractivity contribution is 5.57. The van der Waals surface area contributed by atoms with Crippen LogP contribution in [0.25, 0.3) is 5.65 Å². The molecular weight excluding hydrogens is 338 g/mol. The average Bonchev–Trinajstić information content (AvgIpc) is 3.00. The van der Waals surface area contributed by atoms with E-state index >= 15 is 0 Å². The molecule has 0 unspecified atom stereocenters. The first-order chi connectivity index (χ1) is 12.9. The Labute approximate surface area is 160 Å². The van der Waals surface area contributed by atoms with Crippen molar-refractivity contribution in [3.63, 3.8) is 0 Å². The van der Waals surface area contributed by atoms with Crippen molar-refractivity contribution in [2.45, 2.75) is 26.3 Å². The molecule has 1 aliphatic heterocycles. The van der Waals surface area contributed by atoms with Crippen molar-refractivity contribution in [2.24, 2.45) is 0 Å². The van der Waals surface area contributed by atoms with Crippen molar-refractivity contribution in [3.05, 3.63) is 55.0 Å². The van der Waals surface area contributed by atoms with Crippen LogP contribution in [-0.2, 0) is 0 Å². The molecule has 4 rings (SSSR count). The van der Waals surface area contributed by atoms with Gasteiger partial charge in [0.15, 0.2) is 5.65 Å². The van der Waals surface area contributed by atoms with Gasteiger partial charge in [-0.2, -0.15) is 0 Å². The highest BCUT2D eigenvalue weighted by Gasteiger charge is 2.35. The van der Waals surface area contributed by atoms with Crippen molar-refractivity contribution < 1.29 is 4.74 Å². The molecular formula is C21H25N5O. The summed E-state index contributed by atoms with van der Waals surface area (Å²) in [6.45, 7) is 15.1. The summed E-state index contributed by atoms with van der Waals surface area (Å²) in [6.07, 6.45) is 5.94. The Kier molecular flexibility index (Phi) is 4.21. The van der Waals surface area contributed by atoms with Crippen LogP contribution in [0.2, 0.25) is 0 Å². The topological polar surface area (TPSA) is 45.9 Å². The minimum absolute atomic E-state index is 0.0802. The summed E-state index contributed by atoms with van der Waals surface area (Å²) in [5, 5.41) is 0. The van der Waals surface area contributed by atoms with Gasteiger partial charge in [-0.15, -0.1) is 0 Å². The maximum atomic E-state index is 5.96. The second-order valence-corrected chi connectivity index (χ2v) is 7.71. The lowest BCUT2D eigenvalue weighted by atomic mass is 9.98. The molecule has 3 heterocycles. The van der Waals surface area contributed by atoms with Gasteiger partial charge in [0.25, 0.3) is 0 Å². The third-order valence-electron chi connectivity index (χ3n) is 5.21. The number of aromatic nitrogens is 3. The van der Waals surface area contributed by atoms with Gasteiger partial charge in [0, 0.05) is 44.5 Å². The van der Waals surface area contributed by atoms with E-state index in [1.165, 1.54) is 0 Å². The molecule has 0 atom stereocenters. The highest BCUT2D eigenvalue weighted by Crippen LogP contribution is 2.31. The van der Waals surface area contributed by atoms with Gasteiger partial charge in [-0.3, -0.25) is 0 Å². The zero-order valence-corrected chi connectivity index (χ0v) is 16.3. The Balaban J connectivity index is 1.59. The van der Waals surface area contributed by atoms with Crippen LogP contribution >= 0.6 is 0 Å². The molecule has 6 heteroatoms. The Morgan fingerprint density at radius 2 is 2.00 bits per heavy atom. The van der Waals surface area contributed by atoms with E-state index in [4.69, 9.17) is 11.7 Å². The Bertz CT molecular complexity index is 978. The summed E-state index contributed by atoms with van der Waals surface area (Å²) in [6, 6.07) is 5.98. The van der Waals surface area contributed by atoms with Crippen molar-refractivity contribution in [2.75, 3.05) is 36.5 Å². The van der Waals surface area contributed by atoms with Crippen molar-refractivity contribution in [3.8, 4) is 5.75 Å². The molecule has 1 saturated heterocycles. The van der Waals surface area contributed by atoms with Crippen LogP contribution in [0.1, 0.15) is 25.1 Å². The third kappa shape index (κ3) is 3.20. The number of hydrogen-bond donors (Lipinski definition) is 0. The predicted octanol–water partition coefficient (Wildman–Crippen LogP) is 3.21. The fraction of sp³-hybridized carbons (Fsp3) is 0.381. The van der Waals surface area contributed by atoms with Gasteiger partial charge < -0.3 is 18.9 Å². The second-order valence-electron chi connectivity index (χ2n) is 7.71. The second kappa shape index (κ2) is 6.44. The lowest BCUT2D eigenvalue weighted by Gasteiger charge is -2.48. The zero-order valence-electron chi connectivity index (χ0n) is 16.3. The number of anilines is 2. The molecule has 1 aliphatic rings. The molecule has 2 aromatic heterocycles. The first-order valence-electron chi connectivity index (χ1n) is 9.15. The number of benzene rings is 1. The average molecular weight is 363 g/mol. The third-order valence-corrected chi connectivity index (χ3v) is 5.21. The molecule has 0 aliphatic carbocycles.